The van der Waals surface area contributed by atoms with Crippen LogP contribution < -0.4 is 0 Å². The Morgan fingerprint density at radius 3 is 1.92 bits per heavy atom. The van der Waals surface area contributed by atoms with E-state index in [4.69, 9.17) is 0 Å². The molecule has 2 atom stereocenters. The van der Waals surface area contributed by atoms with Gasteiger partial charge in [-0.15, -0.1) is 0 Å². The third kappa shape index (κ3) is 4.25. The van der Waals surface area contributed by atoms with E-state index in [-0.39, 0.29) is 6.42 Å². The molecule has 0 bridgehead atoms. The van der Waals surface area contributed by atoms with Crippen LogP contribution in [0.2, 0.25) is 0 Å². The molecular weight excluding hydrogens is 320 g/mol. The minimum Gasteiger partial charge on any atom is -0.382 e. The Balaban J connectivity index is 1.88. The van der Waals surface area contributed by atoms with Crippen molar-refractivity contribution in [3.63, 3.8) is 0 Å². The number of benzene rings is 2. The second-order valence-electron chi connectivity index (χ2n) is 6.93. The van der Waals surface area contributed by atoms with Crippen LogP contribution in [0.4, 0.5) is 8.78 Å². The summed E-state index contributed by atoms with van der Waals surface area (Å²) in [5.74, 6) is 0. The number of halogens is 2. The minimum atomic E-state index is -2.73. The van der Waals surface area contributed by atoms with Crippen molar-refractivity contribution < 1.29 is 13.9 Å². The maximum Gasteiger partial charge on any atom is 0.268 e. The fourth-order valence-corrected chi connectivity index (χ4v) is 3.83. The Labute approximate surface area is 148 Å². The number of hydrogen-bond donors (Lipinski definition) is 1. The quantitative estimate of drug-likeness (QED) is 0.825. The van der Waals surface area contributed by atoms with Crippen molar-refractivity contribution in [2.75, 3.05) is 0 Å². The summed E-state index contributed by atoms with van der Waals surface area (Å²) in [6.07, 6.45) is -0.441. The largest absolute Gasteiger partial charge is 0.382 e. The first-order valence-electron chi connectivity index (χ1n) is 8.92. The van der Waals surface area contributed by atoms with Crippen molar-refractivity contribution in [3.05, 3.63) is 71.8 Å². The molecule has 2 nitrogen and oxygen atoms in total. The highest BCUT2D eigenvalue weighted by atomic mass is 19.3. The number of hydrogen-bond acceptors (Lipinski definition) is 2. The Kier molecular flexibility index (Phi) is 5.82. The topological polar surface area (TPSA) is 23.5 Å². The van der Waals surface area contributed by atoms with Gasteiger partial charge in [0.2, 0.25) is 0 Å². The molecule has 0 spiro atoms. The molecule has 0 saturated heterocycles. The summed E-state index contributed by atoms with van der Waals surface area (Å²) in [5, 5.41) is 10.7. The maximum atomic E-state index is 13.7. The molecule has 0 heterocycles. The van der Waals surface area contributed by atoms with Gasteiger partial charge in [-0.25, -0.2) is 8.78 Å². The molecule has 134 valence electrons. The molecule has 0 radical (unpaired) electrons. The van der Waals surface area contributed by atoms with Gasteiger partial charge < -0.3 is 5.11 Å². The van der Waals surface area contributed by atoms with Crippen molar-refractivity contribution in [2.24, 2.45) is 0 Å². The van der Waals surface area contributed by atoms with Crippen molar-refractivity contribution in [1.82, 2.24) is 4.90 Å². The third-order valence-electron chi connectivity index (χ3n) is 5.16. The lowest BCUT2D eigenvalue weighted by Crippen LogP contribution is -2.58. The SMILES string of the molecule is OC1(C(F)F)CCCCC1N(Cc1ccccc1)Cc1ccccc1. The van der Waals surface area contributed by atoms with Gasteiger partial charge in [0, 0.05) is 19.1 Å². The van der Waals surface area contributed by atoms with Crippen molar-refractivity contribution >= 4 is 0 Å². The lowest BCUT2D eigenvalue weighted by molar-refractivity contribution is -0.163. The van der Waals surface area contributed by atoms with Crippen LogP contribution in [0.3, 0.4) is 0 Å². The average molecular weight is 345 g/mol. The summed E-state index contributed by atoms with van der Waals surface area (Å²) in [7, 11) is 0. The fourth-order valence-electron chi connectivity index (χ4n) is 3.83. The van der Waals surface area contributed by atoms with E-state index in [1.54, 1.807) is 0 Å². The first kappa shape index (κ1) is 18.0. The van der Waals surface area contributed by atoms with Gasteiger partial charge >= 0.3 is 0 Å². The zero-order chi connectivity index (χ0) is 17.7. The van der Waals surface area contributed by atoms with E-state index >= 15 is 0 Å². The highest BCUT2D eigenvalue weighted by molar-refractivity contribution is 5.18. The van der Waals surface area contributed by atoms with E-state index in [2.05, 4.69) is 0 Å². The first-order valence-corrected chi connectivity index (χ1v) is 8.92. The third-order valence-corrected chi connectivity index (χ3v) is 5.16. The number of nitrogens with zero attached hydrogens (tertiary/aromatic N) is 1. The summed E-state index contributed by atoms with van der Waals surface area (Å²) in [5.41, 5.74) is 0.211. The van der Waals surface area contributed by atoms with E-state index in [0.717, 1.165) is 17.5 Å². The lowest BCUT2D eigenvalue weighted by atomic mass is 9.79. The highest BCUT2D eigenvalue weighted by Crippen LogP contribution is 2.38. The number of rotatable bonds is 6. The zero-order valence-corrected chi connectivity index (χ0v) is 14.3. The molecule has 1 aliphatic rings. The molecule has 2 aromatic carbocycles. The van der Waals surface area contributed by atoms with Crippen LogP contribution in [0.1, 0.15) is 36.8 Å². The minimum absolute atomic E-state index is 0.162. The van der Waals surface area contributed by atoms with E-state index in [1.165, 1.54) is 0 Å². The molecule has 0 aromatic heterocycles. The fraction of sp³-hybridized carbons (Fsp3) is 0.429. The van der Waals surface area contributed by atoms with Crippen LogP contribution in [0.5, 0.6) is 0 Å². The number of alkyl halides is 2. The summed E-state index contributed by atoms with van der Waals surface area (Å²) in [6.45, 7) is 1.10. The van der Waals surface area contributed by atoms with Crippen molar-refractivity contribution in [2.45, 2.75) is 56.8 Å². The standard InChI is InChI=1S/C21H25F2NO/c22-20(23)21(25)14-8-7-13-19(21)24(15-17-9-3-1-4-10-17)16-18-11-5-2-6-12-18/h1-6,9-12,19-20,25H,7-8,13-16H2. The zero-order valence-electron chi connectivity index (χ0n) is 14.3. The number of aliphatic hydroxyl groups is 1. The maximum absolute atomic E-state index is 13.7. The lowest BCUT2D eigenvalue weighted by Gasteiger charge is -2.45. The Morgan fingerprint density at radius 2 is 1.44 bits per heavy atom. The van der Waals surface area contributed by atoms with E-state index in [1.807, 2.05) is 65.6 Å². The van der Waals surface area contributed by atoms with Gasteiger partial charge in [0.05, 0.1) is 0 Å². The highest BCUT2D eigenvalue weighted by Gasteiger charge is 2.49. The molecule has 25 heavy (non-hydrogen) atoms. The average Bonchev–Trinajstić information content (AvgIpc) is 2.63. The van der Waals surface area contributed by atoms with Crippen LogP contribution in [0.15, 0.2) is 60.7 Å². The summed E-state index contributed by atoms with van der Waals surface area (Å²) in [6, 6.07) is 19.2. The van der Waals surface area contributed by atoms with Gasteiger partial charge in [-0.2, -0.15) is 0 Å². The molecule has 2 unspecified atom stereocenters. The van der Waals surface area contributed by atoms with Gasteiger partial charge in [-0.05, 0) is 24.0 Å². The van der Waals surface area contributed by atoms with Crippen molar-refractivity contribution in [1.29, 1.82) is 0 Å². The molecule has 4 heteroatoms. The predicted octanol–water partition coefficient (Wildman–Crippen LogP) is 4.63. The monoisotopic (exact) mass is 345 g/mol. The summed E-state index contributed by atoms with van der Waals surface area (Å²) >= 11 is 0. The van der Waals surface area contributed by atoms with Gasteiger partial charge in [-0.3, -0.25) is 4.90 Å². The van der Waals surface area contributed by atoms with Gasteiger partial charge in [0.1, 0.15) is 5.60 Å². The van der Waals surface area contributed by atoms with Crippen LogP contribution >= 0.6 is 0 Å². The molecular formula is C21H25F2NO. The summed E-state index contributed by atoms with van der Waals surface area (Å²) < 4.78 is 27.4. The molecule has 1 N–H and O–H groups in total. The molecule has 1 aliphatic carbocycles. The van der Waals surface area contributed by atoms with Crippen molar-refractivity contribution in [3.8, 4) is 0 Å². The van der Waals surface area contributed by atoms with E-state index in [0.29, 0.717) is 25.9 Å². The molecule has 1 fully saturated rings. The van der Waals surface area contributed by atoms with Crippen LogP contribution in [-0.2, 0) is 13.1 Å². The van der Waals surface area contributed by atoms with Gasteiger partial charge in [0.15, 0.2) is 0 Å². The molecule has 0 amide bonds. The molecule has 0 aliphatic heterocycles. The molecule has 2 aromatic rings. The smallest absolute Gasteiger partial charge is 0.268 e. The van der Waals surface area contributed by atoms with E-state index < -0.39 is 18.1 Å². The Hall–Kier alpha value is -1.78. The normalized spacial score (nSPS) is 24.0. The van der Waals surface area contributed by atoms with Crippen LogP contribution in [0.25, 0.3) is 0 Å². The molecule has 3 rings (SSSR count). The Morgan fingerprint density at radius 1 is 0.920 bits per heavy atom. The second-order valence-corrected chi connectivity index (χ2v) is 6.93. The van der Waals surface area contributed by atoms with Crippen LogP contribution in [-0.4, -0.2) is 28.1 Å². The predicted molar refractivity (Wildman–Crippen MR) is 95.3 cm³/mol. The van der Waals surface area contributed by atoms with Gasteiger partial charge in [-0.1, -0.05) is 73.5 Å². The van der Waals surface area contributed by atoms with E-state index in [9.17, 15) is 13.9 Å². The van der Waals surface area contributed by atoms with Gasteiger partial charge in [0.25, 0.3) is 6.43 Å². The first-order chi connectivity index (χ1) is 12.1. The molecule has 1 saturated carbocycles. The van der Waals surface area contributed by atoms with Crippen LogP contribution in [0, 0.1) is 0 Å². The second kappa shape index (κ2) is 8.07. The Bertz CT molecular complexity index is 608. The summed E-state index contributed by atoms with van der Waals surface area (Å²) in [4.78, 5) is 2.02.